The third-order valence-corrected chi connectivity index (χ3v) is 1.93. The molecular weight excluding hydrogens is 209 g/mol. The summed E-state index contributed by atoms with van der Waals surface area (Å²) in [7, 11) is 0. The lowest BCUT2D eigenvalue weighted by Gasteiger charge is -1.99. The summed E-state index contributed by atoms with van der Waals surface area (Å²) in [5.74, 6) is -2.41. The van der Waals surface area contributed by atoms with Crippen LogP contribution in [0.1, 0.15) is 5.56 Å². The topological polar surface area (TPSA) is 60.2 Å². The average Bonchev–Trinajstić information content (AvgIpc) is 2.11. The normalized spacial score (nSPS) is 9.86. The predicted octanol–water partition coefficient (Wildman–Crippen LogP) is 1.08. The van der Waals surface area contributed by atoms with Crippen LogP contribution in [0.4, 0.5) is 4.39 Å². The predicted molar refractivity (Wildman–Crippen MR) is 49.3 cm³/mol. The Morgan fingerprint density at radius 3 is 2.57 bits per heavy atom. The molecule has 0 aromatic heterocycles. The summed E-state index contributed by atoms with van der Waals surface area (Å²) < 4.78 is 12.9. The van der Waals surface area contributed by atoms with E-state index in [0.717, 1.165) is 6.07 Å². The second kappa shape index (κ2) is 4.19. The van der Waals surface area contributed by atoms with E-state index in [-0.39, 0.29) is 11.4 Å². The van der Waals surface area contributed by atoms with Crippen LogP contribution >= 0.6 is 11.6 Å². The van der Waals surface area contributed by atoms with Crippen LogP contribution in [0.25, 0.3) is 0 Å². The maximum atomic E-state index is 12.9. The SMILES string of the molecule is NC(=O)C(=O)Cc1ccc(Cl)c(F)c1. The fourth-order valence-corrected chi connectivity index (χ4v) is 1.04. The standard InChI is InChI=1S/C9H7ClFNO2/c10-6-2-1-5(3-7(6)11)4-8(13)9(12)14/h1-3H,4H2,(H2,12,14). The molecule has 0 spiro atoms. The number of hydrogen-bond donors (Lipinski definition) is 1. The number of Topliss-reactive ketones (excluding diaryl/α,β-unsaturated/α-hetero) is 1. The van der Waals surface area contributed by atoms with Gasteiger partial charge in [0.25, 0.3) is 5.91 Å². The molecule has 0 aliphatic rings. The molecule has 0 saturated carbocycles. The molecule has 0 radical (unpaired) electrons. The number of hydrogen-bond acceptors (Lipinski definition) is 2. The molecule has 0 fully saturated rings. The highest BCUT2D eigenvalue weighted by atomic mass is 35.5. The summed E-state index contributed by atoms with van der Waals surface area (Å²) in [6.07, 6.45) is -0.205. The first-order valence-electron chi connectivity index (χ1n) is 3.77. The maximum absolute atomic E-state index is 12.9. The minimum absolute atomic E-state index is 0.0275. The van der Waals surface area contributed by atoms with Gasteiger partial charge < -0.3 is 5.73 Å². The van der Waals surface area contributed by atoms with Crippen LogP contribution in [0.2, 0.25) is 5.02 Å². The van der Waals surface area contributed by atoms with Gasteiger partial charge in [-0.15, -0.1) is 0 Å². The Hall–Kier alpha value is -1.42. The molecule has 0 aliphatic heterocycles. The zero-order chi connectivity index (χ0) is 10.7. The quantitative estimate of drug-likeness (QED) is 0.767. The molecule has 3 nitrogen and oxygen atoms in total. The lowest BCUT2D eigenvalue weighted by molar-refractivity contribution is -0.135. The minimum atomic E-state index is -1.03. The highest BCUT2D eigenvalue weighted by Gasteiger charge is 2.10. The smallest absolute Gasteiger partial charge is 0.285 e. The van der Waals surface area contributed by atoms with Gasteiger partial charge >= 0.3 is 0 Å². The van der Waals surface area contributed by atoms with Crippen LogP contribution < -0.4 is 5.73 Å². The minimum Gasteiger partial charge on any atom is -0.363 e. The number of amides is 1. The zero-order valence-corrected chi connectivity index (χ0v) is 7.84. The first kappa shape index (κ1) is 10.7. The Balaban J connectivity index is 2.83. The molecule has 1 aromatic rings. The summed E-state index contributed by atoms with van der Waals surface area (Å²) in [6, 6.07) is 3.88. The van der Waals surface area contributed by atoms with Crippen molar-refractivity contribution in [2.45, 2.75) is 6.42 Å². The van der Waals surface area contributed by atoms with Gasteiger partial charge in [0.1, 0.15) is 5.82 Å². The lowest BCUT2D eigenvalue weighted by atomic mass is 10.1. The molecule has 0 heterocycles. The van der Waals surface area contributed by atoms with Gasteiger partial charge in [-0.2, -0.15) is 0 Å². The molecule has 0 atom stereocenters. The molecule has 14 heavy (non-hydrogen) atoms. The number of carbonyl (C=O) groups is 2. The highest BCUT2D eigenvalue weighted by Crippen LogP contribution is 2.15. The fourth-order valence-electron chi connectivity index (χ4n) is 0.922. The van der Waals surface area contributed by atoms with Crippen molar-refractivity contribution in [1.82, 2.24) is 0 Å². The Morgan fingerprint density at radius 1 is 1.43 bits per heavy atom. The maximum Gasteiger partial charge on any atom is 0.285 e. The van der Waals surface area contributed by atoms with Crippen LogP contribution in [-0.2, 0) is 16.0 Å². The summed E-state index contributed by atoms with van der Waals surface area (Å²) in [4.78, 5) is 21.3. The Bertz CT molecular complexity index is 392. The van der Waals surface area contributed by atoms with Crippen LogP contribution in [-0.4, -0.2) is 11.7 Å². The van der Waals surface area contributed by atoms with Crippen molar-refractivity contribution in [2.24, 2.45) is 5.73 Å². The number of rotatable bonds is 3. The van der Waals surface area contributed by atoms with E-state index in [0.29, 0.717) is 5.56 Å². The molecule has 0 aliphatic carbocycles. The zero-order valence-electron chi connectivity index (χ0n) is 7.09. The number of ketones is 1. The Labute approximate surface area is 84.7 Å². The van der Waals surface area contributed by atoms with E-state index >= 15 is 0 Å². The molecule has 5 heteroatoms. The second-order valence-electron chi connectivity index (χ2n) is 2.71. The average molecular weight is 216 g/mol. The van der Waals surface area contributed by atoms with Crippen molar-refractivity contribution in [3.8, 4) is 0 Å². The number of nitrogens with two attached hydrogens (primary N) is 1. The largest absolute Gasteiger partial charge is 0.363 e. The lowest BCUT2D eigenvalue weighted by Crippen LogP contribution is -2.24. The molecular formula is C9H7ClFNO2. The highest BCUT2D eigenvalue weighted by molar-refractivity contribution is 6.36. The van der Waals surface area contributed by atoms with E-state index in [9.17, 15) is 14.0 Å². The molecule has 0 unspecified atom stereocenters. The molecule has 74 valence electrons. The van der Waals surface area contributed by atoms with E-state index in [4.69, 9.17) is 17.3 Å². The number of halogens is 2. The van der Waals surface area contributed by atoms with Gasteiger partial charge in [-0.1, -0.05) is 17.7 Å². The summed E-state index contributed by atoms with van der Waals surface area (Å²) >= 11 is 5.43. The van der Waals surface area contributed by atoms with Gasteiger partial charge in [-0.05, 0) is 17.7 Å². The van der Waals surface area contributed by atoms with Crippen molar-refractivity contribution in [1.29, 1.82) is 0 Å². The number of carbonyl (C=O) groups excluding carboxylic acids is 2. The van der Waals surface area contributed by atoms with Crippen molar-refractivity contribution in [3.63, 3.8) is 0 Å². The van der Waals surface area contributed by atoms with E-state index in [2.05, 4.69) is 0 Å². The van der Waals surface area contributed by atoms with E-state index in [1.165, 1.54) is 12.1 Å². The second-order valence-corrected chi connectivity index (χ2v) is 3.12. The van der Waals surface area contributed by atoms with Gasteiger partial charge in [0.15, 0.2) is 0 Å². The van der Waals surface area contributed by atoms with E-state index in [1.54, 1.807) is 0 Å². The summed E-state index contributed by atoms with van der Waals surface area (Å²) in [6.45, 7) is 0. The first-order chi connectivity index (χ1) is 6.50. The first-order valence-corrected chi connectivity index (χ1v) is 4.15. The van der Waals surface area contributed by atoms with Gasteiger partial charge in [0.2, 0.25) is 5.78 Å². The summed E-state index contributed by atoms with van der Waals surface area (Å²) in [5, 5.41) is -0.0275. The van der Waals surface area contributed by atoms with Crippen molar-refractivity contribution < 1.29 is 14.0 Å². The van der Waals surface area contributed by atoms with Gasteiger partial charge in [-0.25, -0.2) is 4.39 Å². The van der Waals surface area contributed by atoms with E-state index < -0.39 is 17.5 Å². The monoisotopic (exact) mass is 215 g/mol. The van der Waals surface area contributed by atoms with Crippen LogP contribution in [0.3, 0.4) is 0 Å². The van der Waals surface area contributed by atoms with Crippen molar-refractivity contribution >= 4 is 23.3 Å². The fraction of sp³-hybridized carbons (Fsp3) is 0.111. The van der Waals surface area contributed by atoms with E-state index in [1.807, 2.05) is 0 Å². The number of benzene rings is 1. The van der Waals surface area contributed by atoms with Crippen LogP contribution in [0, 0.1) is 5.82 Å². The molecule has 1 aromatic carbocycles. The summed E-state index contributed by atoms with van der Waals surface area (Å²) in [5.41, 5.74) is 5.11. The van der Waals surface area contributed by atoms with Crippen molar-refractivity contribution in [3.05, 3.63) is 34.6 Å². The molecule has 2 N–H and O–H groups in total. The number of primary amides is 1. The van der Waals surface area contributed by atoms with Crippen molar-refractivity contribution in [2.75, 3.05) is 0 Å². The Morgan fingerprint density at radius 2 is 2.07 bits per heavy atom. The Kier molecular flexibility index (Phi) is 3.19. The molecule has 0 saturated heterocycles. The van der Waals surface area contributed by atoms with Gasteiger partial charge in [0.05, 0.1) is 5.02 Å². The van der Waals surface area contributed by atoms with Crippen LogP contribution in [0.15, 0.2) is 18.2 Å². The third kappa shape index (κ3) is 2.53. The molecule has 1 amide bonds. The van der Waals surface area contributed by atoms with Gasteiger partial charge in [-0.3, -0.25) is 9.59 Å². The van der Waals surface area contributed by atoms with Gasteiger partial charge in [0, 0.05) is 6.42 Å². The van der Waals surface area contributed by atoms with Crippen LogP contribution in [0.5, 0.6) is 0 Å². The molecule has 0 bridgehead atoms. The molecule has 1 rings (SSSR count). The third-order valence-electron chi connectivity index (χ3n) is 1.62.